The lowest BCUT2D eigenvalue weighted by Crippen LogP contribution is -2.01. The van der Waals surface area contributed by atoms with Crippen LogP contribution in [-0.4, -0.2) is 9.13 Å². The number of rotatable bonds is 4. The van der Waals surface area contributed by atoms with E-state index in [1.165, 1.54) is 11.4 Å². The molecule has 1 aromatic heterocycles. The molecular formula is C11H20N2S. The van der Waals surface area contributed by atoms with Crippen molar-refractivity contribution in [2.24, 2.45) is 0 Å². The molecule has 0 aromatic carbocycles. The quantitative estimate of drug-likeness (QED) is 0.697. The molecule has 0 atom stereocenters. The first-order valence-electron chi connectivity index (χ1n) is 5.52. The molecule has 0 amide bonds. The highest BCUT2D eigenvalue weighted by Crippen LogP contribution is 2.15. The summed E-state index contributed by atoms with van der Waals surface area (Å²) < 4.78 is 5.51. The van der Waals surface area contributed by atoms with Crippen molar-refractivity contribution >= 4 is 12.2 Å². The predicted octanol–water partition coefficient (Wildman–Crippen LogP) is 3.18. The lowest BCUT2D eigenvalue weighted by atomic mass is 10.2. The van der Waals surface area contributed by atoms with Gasteiger partial charge < -0.3 is 9.13 Å². The van der Waals surface area contributed by atoms with E-state index in [2.05, 4.69) is 36.8 Å². The second kappa shape index (κ2) is 4.78. The van der Waals surface area contributed by atoms with E-state index in [0.717, 1.165) is 30.7 Å². The molecule has 3 heteroatoms. The minimum absolute atomic E-state index is 0.988. The van der Waals surface area contributed by atoms with Gasteiger partial charge in [-0.2, -0.15) is 0 Å². The van der Waals surface area contributed by atoms with Crippen molar-refractivity contribution in [1.29, 1.82) is 0 Å². The molecule has 0 N–H and O–H groups in total. The van der Waals surface area contributed by atoms with Crippen molar-refractivity contribution in [3.63, 3.8) is 0 Å². The van der Waals surface area contributed by atoms with Gasteiger partial charge >= 0.3 is 0 Å². The van der Waals surface area contributed by atoms with Crippen LogP contribution < -0.4 is 0 Å². The van der Waals surface area contributed by atoms with Gasteiger partial charge in [0.1, 0.15) is 0 Å². The van der Waals surface area contributed by atoms with Crippen LogP contribution in [0.3, 0.4) is 0 Å². The fourth-order valence-electron chi connectivity index (χ4n) is 2.13. The van der Waals surface area contributed by atoms with Crippen molar-refractivity contribution in [2.75, 3.05) is 0 Å². The summed E-state index contributed by atoms with van der Waals surface area (Å²) in [5, 5.41) is 0. The smallest absolute Gasteiger partial charge is 0.180 e. The van der Waals surface area contributed by atoms with Crippen molar-refractivity contribution in [1.82, 2.24) is 9.13 Å². The zero-order valence-corrected chi connectivity index (χ0v) is 10.4. The summed E-state index contributed by atoms with van der Waals surface area (Å²) in [7, 11) is 0. The Labute approximate surface area is 91.6 Å². The maximum atomic E-state index is 5.46. The van der Waals surface area contributed by atoms with Gasteiger partial charge in [-0.3, -0.25) is 0 Å². The van der Waals surface area contributed by atoms with E-state index >= 15 is 0 Å². The normalized spacial score (nSPS) is 10.9. The number of hydrogen-bond acceptors (Lipinski definition) is 1. The van der Waals surface area contributed by atoms with Crippen LogP contribution in [0, 0.1) is 4.77 Å². The molecule has 2 nitrogen and oxygen atoms in total. The SMILES string of the molecule is CCc1c(CC)n(CC)c(=S)n1CC. The van der Waals surface area contributed by atoms with Gasteiger partial charge in [-0.25, -0.2) is 0 Å². The summed E-state index contributed by atoms with van der Waals surface area (Å²) >= 11 is 5.46. The lowest BCUT2D eigenvalue weighted by Gasteiger charge is -2.04. The average molecular weight is 212 g/mol. The Balaban J connectivity index is 3.45. The van der Waals surface area contributed by atoms with Crippen LogP contribution in [0.1, 0.15) is 39.1 Å². The first kappa shape index (κ1) is 11.5. The minimum atomic E-state index is 0.988. The summed E-state index contributed by atoms with van der Waals surface area (Å²) in [6.45, 7) is 10.7. The van der Waals surface area contributed by atoms with Crippen molar-refractivity contribution in [3.05, 3.63) is 16.2 Å². The second-order valence-corrected chi connectivity index (χ2v) is 3.74. The van der Waals surface area contributed by atoms with E-state index in [0.29, 0.717) is 0 Å². The molecular weight excluding hydrogens is 192 g/mol. The maximum absolute atomic E-state index is 5.46. The van der Waals surface area contributed by atoms with Gasteiger partial charge in [0.15, 0.2) is 4.77 Å². The van der Waals surface area contributed by atoms with Gasteiger partial charge in [0.05, 0.1) is 0 Å². The third-order valence-corrected chi connectivity index (χ3v) is 3.19. The topological polar surface area (TPSA) is 9.86 Å². The molecule has 0 aliphatic heterocycles. The standard InChI is InChI=1S/C11H20N2S/c1-5-9-10(6-2)13(8-4)11(14)12(9)7-3/h5-8H2,1-4H3. The lowest BCUT2D eigenvalue weighted by molar-refractivity contribution is 0.662. The van der Waals surface area contributed by atoms with E-state index in [1.54, 1.807) is 0 Å². The largest absolute Gasteiger partial charge is 0.321 e. The van der Waals surface area contributed by atoms with Crippen LogP contribution in [0.5, 0.6) is 0 Å². The van der Waals surface area contributed by atoms with Crippen molar-refractivity contribution < 1.29 is 0 Å². The average Bonchev–Trinajstić information content (AvgIpc) is 2.48. The second-order valence-electron chi connectivity index (χ2n) is 3.37. The molecule has 0 saturated carbocycles. The summed E-state index contributed by atoms with van der Waals surface area (Å²) in [5.41, 5.74) is 2.84. The van der Waals surface area contributed by atoms with E-state index in [9.17, 15) is 0 Å². The van der Waals surface area contributed by atoms with Crippen LogP contribution in [0.25, 0.3) is 0 Å². The molecule has 0 aliphatic rings. The summed E-state index contributed by atoms with van der Waals surface area (Å²) in [6, 6.07) is 0. The first-order chi connectivity index (χ1) is 6.71. The van der Waals surface area contributed by atoms with E-state index in [4.69, 9.17) is 12.2 Å². The Bertz CT molecular complexity index is 328. The van der Waals surface area contributed by atoms with Crippen LogP contribution in [0.2, 0.25) is 0 Å². The van der Waals surface area contributed by atoms with Gasteiger partial charge in [0, 0.05) is 24.5 Å². The fourth-order valence-corrected chi connectivity index (χ4v) is 2.61. The molecule has 0 spiro atoms. The highest BCUT2D eigenvalue weighted by Gasteiger charge is 2.12. The molecule has 0 saturated heterocycles. The summed E-state index contributed by atoms with van der Waals surface area (Å²) in [6.07, 6.45) is 2.15. The Morgan fingerprint density at radius 2 is 1.21 bits per heavy atom. The minimum Gasteiger partial charge on any atom is -0.321 e. The third kappa shape index (κ3) is 1.65. The van der Waals surface area contributed by atoms with Gasteiger partial charge in [-0.1, -0.05) is 13.8 Å². The van der Waals surface area contributed by atoms with E-state index in [-0.39, 0.29) is 0 Å². The highest BCUT2D eigenvalue weighted by molar-refractivity contribution is 7.71. The van der Waals surface area contributed by atoms with Crippen molar-refractivity contribution in [3.8, 4) is 0 Å². The van der Waals surface area contributed by atoms with Crippen LogP contribution in [0.15, 0.2) is 0 Å². The van der Waals surface area contributed by atoms with Crippen molar-refractivity contribution in [2.45, 2.75) is 53.6 Å². The number of imidazole rings is 1. The van der Waals surface area contributed by atoms with Gasteiger partial charge in [-0.05, 0) is 38.9 Å². The molecule has 0 unspecified atom stereocenters. The first-order valence-corrected chi connectivity index (χ1v) is 5.92. The van der Waals surface area contributed by atoms with Gasteiger partial charge in [0.25, 0.3) is 0 Å². The molecule has 1 aromatic rings. The van der Waals surface area contributed by atoms with Gasteiger partial charge in [0.2, 0.25) is 0 Å². The Kier molecular flexibility index (Phi) is 3.93. The fraction of sp³-hybridized carbons (Fsp3) is 0.727. The van der Waals surface area contributed by atoms with Gasteiger partial charge in [-0.15, -0.1) is 0 Å². The van der Waals surface area contributed by atoms with E-state index < -0.39 is 0 Å². The van der Waals surface area contributed by atoms with Crippen LogP contribution >= 0.6 is 12.2 Å². The van der Waals surface area contributed by atoms with Crippen LogP contribution in [-0.2, 0) is 25.9 Å². The zero-order valence-electron chi connectivity index (χ0n) is 9.63. The molecule has 80 valence electrons. The molecule has 1 heterocycles. The molecule has 0 radical (unpaired) electrons. The summed E-state index contributed by atoms with van der Waals surface area (Å²) in [5.74, 6) is 0. The monoisotopic (exact) mass is 212 g/mol. The Hall–Kier alpha value is -0.570. The zero-order chi connectivity index (χ0) is 10.7. The molecule has 14 heavy (non-hydrogen) atoms. The number of aromatic nitrogens is 2. The predicted molar refractivity (Wildman–Crippen MR) is 63.4 cm³/mol. The molecule has 0 aliphatic carbocycles. The third-order valence-electron chi connectivity index (χ3n) is 2.75. The van der Waals surface area contributed by atoms with Crippen LogP contribution in [0.4, 0.5) is 0 Å². The number of hydrogen-bond donors (Lipinski definition) is 0. The molecule has 0 fully saturated rings. The maximum Gasteiger partial charge on any atom is 0.180 e. The number of nitrogens with zero attached hydrogens (tertiary/aromatic N) is 2. The van der Waals surface area contributed by atoms with E-state index in [1.807, 2.05) is 0 Å². The Morgan fingerprint density at radius 1 is 0.857 bits per heavy atom. The molecule has 1 rings (SSSR count). The Morgan fingerprint density at radius 3 is 1.43 bits per heavy atom. The summed E-state index contributed by atoms with van der Waals surface area (Å²) in [4.78, 5) is 0. The highest BCUT2D eigenvalue weighted by atomic mass is 32.1. The molecule has 0 bridgehead atoms.